The molecule has 0 spiro atoms. The predicted molar refractivity (Wildman–Crippen MR) is 85.4 cm³/mol. The molecule has 1 aliphatic carbocycles. The molecule has 1 N–H and O–H groups in total. The number of hydrogen-bond acceptors (Lipinski definition) is 4. The first-order chi connectivity index (χ1) is 10.7. The Morgan fingerprint density at radius 3 is 2.50 bits per heavy atom. The van der Waals surface area contributed by atoms with E-state index in [2.05, 4.69) is 5.32 Å². The summed E-state index contributed by atoms with van der Waals surface area (Å²) in [5.74, 6) is -0.0669. The molecule has 2 rings (SSSR count). The lowest BCUT2D eigenvalue weighted by Gasteiger charge is -2.27. The maximum Gasteiger partial charge on any atom is 0.326 e. The zero-order valence-electron chi connectivity index (χ0n) is 13.3. The Morgan fingerprint density at radius 2 is 1.86 bits per heavy atom. The van der Waals surface area contributed by atoms with Gasteiger partial charge in [0.25, 0.3) is 0 Å². The number of ketones is 1. The van der Waals surface area contributed by atoms with Gasteiger partial charge >= 0.3 is 5.97 Å². The fourth-order valence-electron chi connectivity index (χ4n) is 2.93. The Morgan fingerprint density at radius 1 is 1.18 bits per heavy atom. The maximum absolute atomic E-state index is 12.5. The molecule has 1 fully saturated rings. The van der Waals surface area contributed by atoms with Crippen molar-refractivity contribution >= 4 is 11.8 Å². The molecular weight excluding hydrogens is 278 g/mol. The van der Waals surface area contributed by atoms with Crippen LogP contribution in [0.1, 0.15) is 51.0 Å². The average molecular weight is 303 g/mol. The van der Waals surface area contributed by atoms with Gasteiger partial charge in [-0.3, -0.25) is 14.9 Å². The molecular formula is C18H25NO3. The van der Waals surface area contributed by atoms with Gasteiger partial charge in [-0.15, -0.1) is 0 Å². The van der Waals surface area contributed by atoms with E-state index >= 15 is 0 Å². The normalized spacial score (nSPS) is 16.4. The zero-order valence-corrected chi connectivity index (χ0v) is 13.3. The molecule has 0 amide bonds. The smallest absolute Gasteiger partial charge is 0.326 e. The first-order valence-electron chi connectivity index (χ1n) is 8.14. The van der Waals surface area contributed by atoms with Crippen molar-refractivity contribution in [1.29, 1.82) is 0 Å². The van der Waals surface area contributed by atoms with Gasteiger partial charge in [0.1, 0.15) is 17.9 Å². The van der Waals surface area contributed by atoms with Crippen molar-refractivity contribution in [2.75, 3.05) is 6.54 Å². The fourth-order valence-corrected chi connectivity index (χ4v) is 2.93. The Balaban J connectivity index is 1.91. The van der Waals surface area contributed by atoms with Crippen LogP contribution in [0.4, 0.5) is 0 Å². The largest absolute Gasteiger partial charge is 0.459 e. The van der Waals surface area contributed by atoms with Crippen molar-refractivity contribution in [3.05, 3.63) is 35.9 Å². The minimum absolute atomic E-state index is 0.157. The first-order valence-corrected chi connectivity index (χ1v) is 8.14. The van der Waals surface area contributed by atoms with Crippen LogP contribution >= 0.6 is 0 Å². The van der Waals surface area contributed by atoms with E-state index in [4.69, 9.17) is 4.74 Å². The number of benzene rings is 1. The lowest BCUT2D eigenvalue weighted by Crippen LogP contribution is -2.52. The van der Waals surface area contributed by atoms with Crippen LogP contribution in [-0.4, -0.2) is 23.8 Å². The molecule has 0 saturated heterocycles. The van der Waals surface area contributed by atoms with Gasteiger partial charge in [-0.25, -0.2) is 0 Å². The van der Waals surface area contributed by atoms with Crippen molar-refractivity contribution < 1.29 is 14.3 Å². The van der Waals surface area contributed by atoms with Gasteiger partial charge in [0.15, 0.2) is 0 Å². The van der Waals surface area contributed by atoms with E-state index < -0.39 is 5.54 Å². The molecule has 1 aromatic rings. The van der Waals surface area contributed by atoms with Gasteiger partial charge in [0.2, 0.25) is 0 Å². The third-order valence-corrected chi connectivity index (χ3v) is 4.21. The molecule has 0 aromatic heterocycles. The molecule has 120 valence electrons. The highest BCUT2D eigenvalue weighted by Crippen LogP contribution is 2.31. The maximum atomic E-state index is 12.5. The summed E-state index contributed by atoms with van der Waals surface area (Å²) in [7, 11) is 0. The second-order valence-electron chi connectivity index (χ2n) is 5.99. The third-order valence-electron chi connectivity index (χ3n) is 4.21. The number of carbonyl (C=O) groups is 2. The Kier molecular flexibility index (Phi) is 6.13. The van der Waals surface area contributed by atoms with E-state index in [1.165, 1.54) is 0 Å². The monoisotopic (exact) mass is 303 g/mol. The van der Waals surface area contributed by atoms with Crippen molar-refractivity contribution in [2.24, 2.45) is 0 Å². The molecule has 0 atom stereocenters. The number of carbonyl (C=O) groups excluding carboxylic acids is 2. The number of Topliss-reactive ketones (excluding diaryl/α,β-unsaturated/α-hetero) is 1. The van der Waals surface area contributed by atoms with E-state index in [-0.39, 0.29) is 24.9 Å². The van der Waals surface area contributed by atoms with Gasteiger partial charge in [0.05, 0.1) is 6.54 Å². The zero-order chi connectivity index (χ0) is 15.8. The number of ether oxygens (including phenoxy) is 1. The molecule has 0 aliphatic heterocycles. The Labute approximate surface area is 132 Å². The van der Waals surface area contributed by atoms with Gasteiger partial charge < -0.3 is 4.74 Å². The summed E-state index contributed by atoms with van der Waals surface area (Å²) in [6.07, 6.45) is 4.89. The molecule has 1 aromatic carbocycles. The van der Waals surface area contributed by atoms with E-state index in [1.807, 2.05) is 37.3 Å². The molecule has 4 nitrogen and oxygen atoms in total. The van der Waals surface area contributed by atoms with Crippen LogP contribution in [0.15, 0.2) is 30.3 Å². The molecule has 0 bridgehead atoms. The topological polar surface area (TPSA) is 55.4 Å². The number of esters is 1. The number of hydrogen-bond donors (Lipinski definition) is 1. The quantitative estimate of drug-likeness (QED) is 0.750. The second-order valence-corrected chi connectivity index (χ2v) is 5.99. The highest BCUT2D eigenvalue weighted by Gasteiger charge is 2.42. The highest BCUT2D eigenvalue weighted by molar-refractivity contribution is 5.84. The Bertz CT molecular complexity index is 492. The molecule has 4 heteroatoms. The minimum atomic E-state index is -0.668. The standard InChI is InChI=1S/C18H25NO3/c1-2-8-16(20)13-19-18(11-6-7-12-18)17(21)22-14-15-9-4-3-5-10-15/h3-5,9-10,19H,2,6-8,11-14H2,1H3. The van der Waals surface area contributed by atoms with Crippen LogP contribution in [0.3, 0.4) is 0 Å². The molecule has 0 heterocycles. The van der Waals surface area contributed by atoms with Gasteiger partial charge in [0, 0.05) is 6.42 Å². The fraction of sp³-hybridized carbons (Fsp3) is 0.556. The van der Waals surface area contributed by atoms with Crippen LogP contribution in [-0.2, 0) is 20.9 Å². The summed E-state index contributed by atoms with van der Waals surface area (Å²) in [6, 6.07) is 9.66. The van der Waals surface area contributed by atoms with E-state index in [0.29, 0.717) is 6.42 Å². The van der Waals surface area contributed by atoms with Crippen LogP contribution < -0.4 is 5.32 Å². The van der Waals surface area contributed by atoms with Crippen molar-refractivity contribution in [2.45, 2.75) is 57.6 Å². The van der Waals surface area contributed by atoms with Crippen LogP contribution in [0.2, 0.25) is 0 Å². The average Bonchev–Trinajstić information content (AvgIpc) is 3.02. The number of rotatable bonds is 8. The van der Waals surface area contributed by atoms with Crippen molar-refractivity contribution in [3.8, 4) is 0 Å². The lowest BCUT2D eigenvalue weighted by molar-refractivity contribution is -0.153. The molecule has 22 heavy (non-hydrogen) atoms. The van der Waals surface area contributed by atoms with Gasteiger partial charge in [-0.2, -0.15) is 0 Å². The summed E-state index contributed by atoms with van der Waals surface area (Å²) >= 11 is 0. The van der Waals surface area contributed by atoms with E-state index in [1.54, 1.807) is 0 Å². The van der Waals surface area contributed by atoms with E-state index in [0.717, 1.165) is 37.7 Å². The summed E-state index contributed by atoms with van der Waals surface area (Å²) in [5, 5.41) is 3.19. The second kappa shape index (κ2) is 8.08. The number of nitrogens with one attached hydrogen (secondary N) is 1. The molecule has 0 unspecified atom stereocenters. The van der Waals surface area contributed by atoms with Gasteiger partial charge in [-0.1, -0.05) is 50.1 Å². The lowest BCUT2D eigenvalue weighted by atomic mass is 9.97. The van der Waals surface area contributed by atoms with Crippen molar-refractivity contribution in [3.63, 3.8) is 0 Å². The molecule has 1 saturated carbocycles. The summed E-state index contributed by atoms with van der Waals surface area (Å²) < 4.78 is 5.49. The van der Waals surface area contributed by atoms with Crippen molar-refractivity contribution in [1.82, 2.24) is 5.32 Å². The summed E-state index contributed by atoms with van der Waals surface area (Å²) in [5.41, 5.74) is 0.309. The van der Waals surface area contributed by atoms with Crippen LogP contribution in [0.5, 0.6) is 0 Å². The SMILES string of the molecule is CCCC(=O)CNC1(C(=O)OCc2ccccc2)CCCC1. The van der Waals surface area contributed by atoms with Crippen LogP contribution in [0.25, 0.3) is 0 Å². The highest BCUT2D eigenvalue weighted by atomic mass is 16.5. The summed E-state index contributed by atoms with van der Waals surface area (Å²) in [6.45, 7) is 2.53. The molecule has 0 radical (unpaired) electrons. The predicted octanol–water partition coefficient (Wildman–Crippen LogP) is 3.00. The minimum Gasteiger partial charge on any atom is -0.459 e. The van der Waals surface area contributed by atoms with E-state index in [9.17, 15) is 9.59 Å². The third kappa shape index (κ3) is 4.41. The molecule has 1 aliphatic rings. The Hall–Kier alpha value is -1.68. The first kappa shape index (κ1) is 16.7. The summed E-state index contributed by atoms with van der Waals surface area (Å²) in [4.78, 5) is 24.2. The van der Waals surface area contributed by atoms with Crippen LogP contribution in [0, 0.1) is 0 Å². The van der Waals surface area contributed by atoms with Gasteiger partial charge in [-0.05, 0) is 24.8 Å².